The molecule has 2 rings (SSSR count). The lowest BCUT2D eigenvalue weighted by molar-refractivity contribution is 0.0203. The van der Waals surface area contributed by atoms with Gasteiger partial charge in [-0.1, -0.05) is 13.3 Å². The molecule has 1 atom stereocenters. The number of carbonyl (C=O) groups is 1. The van der Waals surface area contributed by atoms with Crippen molar-refractivity contribution >= 4 is 5.91 Å². The molecule has 0 aliphatic carbocycles. The number of piperidine rings is 1. The Hall–Kier alpha value is -1.62. The van der Waals surface area contributed by atoms with Crippen LogP contribution in [0.15, 0.2) is 21.3 Å². The van der Waals surface area contributed by atoms with Gasteiger partial charge in [0, 0.05) is 30.6 Å². The van der Waals surface area contributed by atoms with Gasteiger partial charge in [0.05, 0.1) is 6.61 Å². The largest absolute Gasteiger partial charge is 0.456 e. The third-order valence-corrected chi connectivity index (χ3v) is 4.16. The van der Waals surface area contributed by atoms with Crippen molar-refractivity contribution in [2.45, 2.75) is 39.5 Å². The van der Waals surface area contributed by atoms with Gasteiger partial charge < -0.3 is 14.4 Å². The Morgan fingerprint density at radius 3 is 2.86 bits per heavy atom. The number of amides is 1. The summed E-state index contributed by atoms with van der Waals surface area (Å²) in [5.74, 6) is 0.263. The number of likely N-dealkylation sites (tertiary alicyclic amines) is 1. The summed E-state index contributed by atoms with van der Waals surface area (Å²) in [6.07, 6.45) is 3.66. The van der Waals surface area contributed by atoms with E-state index >= 15 is 0 Å². The maximum absolute atomic E-state index is 12.5. The van der Waals surface area contributed by atoms with Crippen molar-refractivity contribution in [2.75, 3.05) is 19.7 Å². The van der Waals surface area contributed by atoms with Crippen LogP contribution in [0.3, 0.4) is 0 Å². The first-order valence-corrected chi connectivity index (χ1v) is 7.51. The van der Waals surface area contributed by atoms with Gasteiger partial charge in [-0.3, -0.25) is 9.59 Å². The quantitative estimate of drug-likeness (QED) is 0.921. The van der Waals surface area contributed by atoms with E-state index in [0.717, 1.165) is 25.7 Å². The highest BCUT2D eigenvalue weighted by molar-refractivity contribution is 5.91. The van der Waals surface area contributed by atoms with Crippen LogP contribution in [-0.4, -0.2) is 35.6 Å². The highest BCUT2D eigenvalue weighted by Gasteiger charge is 2.36. The molecule has 116 valence electrons. The fourth-order valence-electron chi connectivity index (χ4n) is 3.19. The van der Waals surface area contributed by atoms with Gasteiger partial charge in [-0.2, -0.15) is 0 Å². The third-order valence-electron chi connectivity index (χ3n) is 4.16. The topological polar surface area (TPSA) is 70.8 Å². The van der Waals surface area contributed by atoms with E-state index < -0.39 is 0 Å². The Morgan fingerprint density at radius 2 is 2.24 bits per heavy atom. The molecule has 1 fully saturated rings. The molecule has 2 heterocycles. The number of aryl methyl sites for hydroxylation is 1. The molecule has 5 nitrogen and oxygen atoms in total. The van der Waals surface area contributed by atoms with Crippen LogP contribution in [0.5, 0.6) is 0 Å². The van der Waals surface area contributed by atoms with Gasteiger partial charge in [-0.05, 0) is 26.2 Å². The van der Waals surface area contributed by atoms with Crippen LogP contribution in [0.2, 0.25) is 0 Å². The van der Waals surface area contributed by atoms with E-state index in [4.69, 9.17) is 4.42 Å². The number of hydrogen-bond acceptors (Lipinski definition) is 4. The molecule has 1 aliphatic rings. The molecule has 1 aromatic rings. The Kier molecular flexibility index (Phi) is 4.83. The van der Waals surface area contributed by atoms with Crippen molar-refractivity contribution in [3.8, 4) is 0 Å². The molecule has 1 aliphatic heterocycles. The predicted octanol–water partition coefficient (Wildman–Crippen LogP) is 1.96. The summed E-state index contributed by atoms with van der Waals surface area (Å²) in [4.78, 5) is 25.7. The summed E-state index contributed by atoms with van der Waals surface area (Å²) in [5, 5.41) is 9.72. The molecule has 0 spiro atoms. The van der Waals surface area contributed by atoms with Crippen molar-refractivity contribution in [2.24, 2.45) is 5.41 Å². The van der Waals surface area contributed by atoms with Gasteiger partial charge in [-0.25, -0.2) is 0 Å². The van der Waals surface area contributed by atoms with Crippen LogP contribution >= 0.6 is 0 Å². The summed E-state index contributed by atoms with van der Waals surface area (Å²) >= 11 is 0. The van der Waals surface area contributed by atoms with Crippen LogP contribution < -0.4 is 5.43 Å². The van der Waals surface area contributed by atoms with E-state index in [0.29, 0.717) is 18.8 Å². The third kappa shape index (κ3) is 3.53. The van der Waals surface area contributed by atoms with Gasteiger partial charge in [0.2, 0.25) is 0 Å². The molecular weight excluding hydrogens is 270 g/mol. The zero-order chi connectivity index (χ0) is 15.5. The summed E-state index contributed by atoms with van der Waals surface area (Å²) in [7, 11) is 0. The Morgan fingerprint density at radius 1 is 1.48 bits per heavy atom. The molecule has 1 N–H and O–H groups in total. The smallest absolute Gasteiger partial charge is 0.289 e. The van der Waals surface area contributed by atoms with E-state index in [1.54, 1.807) is 11.8 Å². The summed E-state index contributed by atoms with van der Waals surface area (Å²) in [6, 6.07) is 2.60. The van der Waals surface area contributed by atoms with Gasteiger partial charge in [0.25, 0.3) is 5.91 Å². The highest BCUT2D eigenvalue weighted by Crippen LogP contribution is 2.34. The van der Waals surface area contributed by atoms with Crippen molar-refractivity contribution in [1.29, 1.82) is 0 Å². The normalized spacial score (nSPS) is 22.3. The molecule has 0 saturated carbocycles. The number of hydrogen-bond donors (Lipinski definition) is 1. The Bertz CT molecular complexity index is 562. The number of nitrogens with zero attached hydrogens (tertiary/aromatic N) is 1. The predicted molar refractivity (Wildman–Crippen MR) is 79.3 cm³/mol. The van der Waals surface area contributed by atoms with E-state index in [1.807, 2.05) is 0 Å². The van der Waals surface area contributed by atoms with Crippen LogP contribution in [0.4, 0.5) is 0 Å². The standard InChI is InChI=1S/C16H23NO4/c1-3-5-16(11-18)6-4-7-17(10-16)15(20)14-9-13(19)8-12(2)21-14/h8-9,18H,3-7,10-11H2,1-2H3. The minimum Gasteiger partial charge on any atom is -0.456 e. The van der Waals surface area contributed by atoms with Crippen LogP contribution in [-0.2, 0) is 0 Å². The molecular formula is C16H23NO4. The van der Waals surface area contributed by atoms with E-state index in [2.05, 4.69) is 6.92 Å². The van der Waals surface area contributed by atoms with Gasteiger partial charge >= 0.3 is 0 Å². The van der Waals surface area contributed by atoms with Crippen LogP contribution in [0, 0.1) is 12.3 Å². The molecule has 0 aromatic carbocycles. The fourth-order valence-corrected chi connectivity index (χ4v) is 3.19. The zero-order valence-corrected chi connectivity index (χ0v) is 12.7. The van der Waals surface area contributed by atoms with Crippen LogP contribution in [0.25, 0.3) is 0 Å². The molecule has 1 saturated heterocycles. The minimum absolute atomic E-state index is 0.0857. The molecule has 1 amide bonds. The average Bonchev–Trinajstić information content (AvgIpc) is 2.46. The Balaban J connectivity index is 2.20. The van der Waals surface area contributed by atoms with Crippen LogP contribution in [0.1, 0.15) is 48.9 Å². The van der Waals surface area contributed by atoms with E-state index in [9.17, 15) is 14.7 Å². The zero-order valence-electron chi connectivity index (χ0n) is 12.7. The maximum atomic E-state index is 12.5. The number of rotatable bonds is 4. The Labute approximate surface area is 124 Å². The van der Waals surface area contributed by atoms with Crippen molar-refractivity contribution in [3.05, 3.63) is 33.9 Å². The molecule has 5 heteroatoms. The second-order valence-corrected chi connectivity index (χ2v) is 6.01. The first-order chi connectivity index (χ1) is 9.99. The molecule has 21 heavy (non-hydrogen) atoms. The second-order valence-electron chi connectivity index (χ2n) is 6.01. The molecule has 1 unspecified atom stereocenters. The number of aliphatic hydroxyl groups excluding tert-OH is 1. The van der Waals surface area contributed by atoms with E-state index in [-0.39, 0.29) is 29.1 Å². The fraction of sp³-hybridized carbons (Fsp3) is 0.625. The minimum atomic E-state index is -0.260. The lowest BCUT2D eigenvalue weighted by atomic mass is 9.77. The van der Waals surface area contributed by atoms with Gasteiger partial charge in [-0.15, -0.1) is 0 Å². The van der Waals surface area contributed by atoms with Crippen molar-refractivity contribution < 1.29 is 14.3 Å². The van der Waals surface area contributed by atoms with E-state index in [1.165, 1.54) is 12.1 Å². The molecule has 1 aromatic heterocycles. The number of carbonyl (C=O) groups excluding carboxylic acids is 1. The van der Waals surface area contributed by atoms with Crippen molar-refractivity contribution in [1.82, 2.24) is 4.90 Å². The summed E-state index contributed by atoms with van der Waals surface area (Å²) in [5.41, 5.74) is -0.437. The first kappa shape index (κ1) is 15.8. The highest BCUT2D eigenvalue weighted by atomic mass is 16.3. The monoisotopic (exact) mass is 293 g/mol. The summed E-state index contributed by atoms with van der Waals surface area (Å²) in [6.45, 7) is 4.99. The van der Waals surface area contributed by atoms with Gasteiger partial charge in [0.1, 0.15) is 5.76 Å². The molecule has 0 bridgehead atoms. The average molecular weight is 293 g/mol. The summed E-state index contributed by atoms with van der Waals surface area (Å²) < 4.78 is 5.38. The SMILES string of the molecule is CCCC1(CO)CCCN(C(=O)c2cc(=O)cc(C)o2)C1. The van der Waals surface area contributed by atoms with Crippen molar-refractivity contribution in [3.63, 3.8) is 0 Å². The maximum Gasteiger partial charge on any atom is 0.289 e. The second kappa shape index (κ2) is 6.43. The molecule has 0 radical (unpaired) electrons. The lowest BCUT2D eigenvalue weighted by Gasteiger charge is -2.41. The number of aliphatic hydroxyl groups is 1. The lowest BCUT2D eigenvalue weighted by Crippen LogP contribution is -2.48. The first-order valence-electron chi connectivity index (χ1n) is 7.51. The van der Waals surface area contributed by atoms with Gasteiger partial charge in [0.15, 0.2) is 11.2 Å².